The van der Waals surface area contributed by atoms with Gasteiger partial charge in [0.25, 0.3) is 5.56 Å². The molecule has 0 spiro atoms. The lowest BCUT2D eigenvalue weighted by Crippen LogP contribution is -2.20. The van der Waals surface area contributed by atoms with Gasteiger partial charge >= 0.3 is 0 Å². The van der Waals surface area contributed by atoms with Crippen LogP contribution in [0, 0.1) is 5.41 Å². The molecule has 2 aromatic heterocycles. The van der Waals surface area contributed by atoms with Gasteiger partial charge in [0.1, 0.15) is 0 Å². The van der Waals surface area contributed by atoms with E-state index in [1.165, 1.54) is 12.7 Å². The van der Waals surface area contributed by atoms with Crippen LogP contribution in [0.5, 0.6) is 0 Å². The number of imidazole rings is 1. The molecule has 0 amide bonds. The van der Waals surface area contributed by atoms with E-state index in [2.05, 4.69) is 31.4 Å². The predicted octanol–water partition coefficient (Wildman–Crippen LogP) is -0.371. The van der Waals surface area contributed by atoms with E-state index < -0.39 is 13.9 Å². The monoisotopic (exact) mass is 367 g/mol. The van der Waals surface area contributed by atoms with E-state index in [1.807, 2.05) is 0 Å². The van der Waals surface area contributed by atoms with Gasteiger partial charge < -0.3 is 31.4 Å². The predicted molar refractivity (Wildman–Crippen MR) is 93.2 cm³/mol. The minimum absolute atomic E-state index is 0.192. The van der Waals surface area contributed by atoms with Crippen LogP contribution in [-0.4, -0.2) is 35.9 Å². The number of fused-ring (bicyclic) bond motifs is 1. The molecule has 2 unspecified atom stereocenters. The number of aromatic amines is 2. The highest BCUT2D eigenvalue weighted by molar-refractivity contribution is 7.38. The number of hydrogen-bond donors (Lipinski definition) is 7. The Labute approximate surface area is 142 Å². The van der Waals surface area contributed by atoms with Gasteiger partial charge in [-0.15, -0.1) is 0 Å². The average molecular weight is 367 g/mol. The Morgan fingerprint density at radius 3 is 2.16 bits per heavy atom. The standard InChI is InChI=1S/C7H9O3P.C5H4N4O.CH5N3/c8-7(11(9)10)6-4-2-1-3-5-6;10-5-3-4(7-1-6-3)8-2-9-5;2-1(3)4/h1-5,7-8,11H,(H,9,10);1-2H,(H2,6,7,8,9,10);(H5,2,3,4). The number of aliphatic hydroxyl groups is 1. The number of aliphatic hydroxyl groups excluding tert-OH is 1. The lowest BCUT2D eigenvalue weighted by Gasteiger charge is -2.04. The molecule has 0 fully saturated rings. The van der Waals surface area contributed by atoms with Crippen LogP contribution in [0.15, 0.2) is 47.8 Å². The average Bonchev–Trinajstić information content (AvgIpc) is 3.05. The van der Waals surface area contributed by atoms with Gasteiger partial charge in [0.2, 0.25) is 8.03 Å². The Kier molecular flexibility index (Phi) is 8.00. The van der Waals surface area contributed by atoms with Crippen LogP contribution in [0.3, 0.4) is 0 Å². The van der Waals surface area contributed by atoms with Gasteiger partial charge in [0.05, 0.1) is 12.7 Å². The van der Waals surface area contributed by atoms with E-state index in [4.69, 9.17) is 15.4 Å². The summed E-state index contributed by atoms with van der Waals surface area (Å²) in [4.78, 5) is 32.1. The lowest BCUT2D eigenvalue weighted by atomic mass is 10.2. The van der Waals surface area contributed by atoms with Crippen molar-refractivity contribution < 1.29 is 14.6 Å². The molecule has 3 aromatic rings. The largest absolute Gasteiger partial charge is 0.378 e. The second-order valence-electron chi connectivity index (χ2n) is 4.44. The SMILES string of the molecule is N=C(N)N.O=[PH](O)C(O)c1ccccc1.O=c1[nH]cnc2nc[nH]c12. The van der Waals surface area contributed by atoms with E-state index in [1.54, 1.807) is 30.3 Å². The van der Waals surface area contributed by atoms with E-state index in [0.29, 0.717) is 16.7 Å². The van der Waals surface area contributed by atoms with E-state index in [9.17, 15) is 9.36 Å². The maximum absolute atomic E-state index is 10.9. The number of guanidine groups is 1. The first-order chi connectivity index (χ1) is 11.8. The van der Waals surface area contributed by atoms with Crippen molar-refractivity contribution in [3.8, 4) is 0 Å². The van der Waals surface area contributed by atoms with Crippen molar-refractivity contribution in [3.63, 3.8) is 0 Å². The third-order valence-corrected chi connectivity index (χ3v) is 3.38. The van der Waals surface area contributed by atoms with E-state index in [-0.39, 0.29) is 11.5 Å². The van der Waals surface area contributed by atoms with Gasteiger partial charge in [-0.1, -0.05) is 30.3 Å². The highest BCUT2D eigenvalue weighted by Gasteiger charge is 2.10. The quantitative estimate of drug-likeness (QED) is 0.180. The lowest BCUT2D eigenvalue weighted by molar-refractivity contribution is 0.243. The molecule has 0 aliphatic rings. The first-order valence-corrected chi connectivity index (χ1v) is 8.18. The molecule has 1 aromatic carbocycles. The van der Waals surface area contributed by atoms with Crippen molar-refractivity contribution >= 4 is 25.2 Å². The zero-order valence-corrected chi connectivity index (χ0v) is 13.9. The second-order valence-corrected chi connectivity index (χ2v) is 5.66. The fourth-order valence-corrected chi connectivity index (χ4v) is 2.03. The number of nitrogens with zero attached hydrogens (tertiary/aromatic N) is 2. The Bertz CT molecular complexity index is 876. The Morgan fingerprint density at radius 1 is 1.16 bits per heavy atom. The van der Waals surface area contributed by atoms with E-state index in [0.717, 1.165) is 0 Å². The summed E-state index contributed by atoms with van der Waals surface area (Å²) in [5.41, 5.74) is 10.1. The van der Waals surface area contributed by atoms with Crippen molar-refractivity contribution in [1.82, 2.24) is 19.9 Å². The van der Waals surface area contributed by atoms with Crippen LogP contribution in [0.1, 0.15) is 11.4 Å². The molecule has 0 saturated heterocycles. The first-order valence-electron chi connectivity index (χ1n) is 6.75. The smallest absolute Gasteiger partial charge is 0.276 e. The molecule has 134 valence electrons. The molecular formula is C13H18N7O4P. The van der Waals surface area contributed by atoms with Crippen molar-refractivity contribution in [1.29, 1.82) is 5.41 Å². The molecule has 11 nitrogen and oxygen atoms in total. The molecule has 9 N–H and O–H groups in total. The van der Waals surface area contributed by atoms with E-state index >= 15 is 0 Å². The van der Waals surface area contributed by atoms with Crippen LogP contribution >= 0.6 is 8.03 Å². The van der Waals surface area contributed by atoms with Crippen LogP contribution in [-0.2, 0) is 4.57 Å². The summed E-state index contributed by atoms with van der Waals surface area (Å²) in [6.45, 7) is 0. The molecule has 25 heavy (non-hydrogen) atoms. The number of nitrogens with one attached hydrogen (secondary N) is 3. The summed E-state index contributed by atoms with van der Waals surface area (Å²) in [6.07, 6.45) is 2.76. The Hall–Kier alpha value is -3.01. The van der Waals surface area contributed by atoms with Crippen molar-refractivity contribution in [2.24, 2.45) is 11.5 Å². The summed E-state index contributed by atoms with van der Waals surface area (Å²) < 4.78 is 10.4. The van der Waals surface area contributed by atoms with Gasteiger partial charge in [-0.3, -0.25) is 14.8 Å². The summed E-state index contributed by atoms with van der Waals surface area (Å²) in [5, 5.41) is 15.1. The molecular weight excluding hydrogens is 349 g/mol. The van der Waals surface area contributed by atoms with Gasteiger partial charge in [-0.05, 0) is 5.56 Å². The van der Waals surface area contributed by atoms with Gasteiger partial charge in [0.15, 0.2) is 23.0 Å². The normalized spacial score (nSPS) is 12.1. The topological polar surface area (TPSA) is 208 Å². The number of H-pyrrole nitrogens is 2. The Balaban J connectivity index is 0.000000208. The molecule has 0 radical (unpaired) electrons. The Morgan fingerprint density at radius 2 is 1.68 bits per heavy atom. The summed E-state index contributed by atoms with van der Waals surface area (Å²) >= 11 is 0. The highest BCUT2D eigenvalue weighted by Crippen LogP contribution is 2.34. The number of nitrogens with two attached hydrogens (primary N) is 2. The molecule has 12 heteroatoms. The number of rotatable bonds is 2. The fraction of sp³-hybridized carbons (Fsp3) is 0.0769. The number of hydrogen-bond acceptors (Lipinski definition) is 6. The molecule has 0 bridgehead atoms. The molecule has 2 heterocycles. The van der Waals surface area contributed by atoms with Crippen molar-refractivity contribution in [2.45, 2.75) is 5.85 Å². The minimum Gasteiger partial charge on any atom is -0.378 e. The van der Waals surface area contributed by atoms with Crippen LogP contribution in [0.4, 0.5) is 0 Å². The summed E-state index contributed by atoms with van der Waals surface area (Å²) in [6, 6.07) is 8.43. The summed E-state index contributed by atoms with van der Waals surface area (Å²) in [7, 11) is -2.86. The van der Waals surface area contributed by atoms with Crippen LogP contribution in [0.2, 0.25) is 0 Å². The molecule has 0 aliphatic heterocycles. The molecule has 2 atom stereocenters. The molecule has 0 aliphatic carbocycles. The maximum atomic E-state index is 10.9. The summed E-state index contributed by atoms with van der Waals surface area (Å²) in [5.74, 6) is -1.55. The fourth-order valence-electron chi connectivity index (χ4n) is 1.55. The zero-order valence-electron chi connectivity index (χ0n) is 12.9. The molecule has 3 rings (SSSR count). The van der Waals surface area contributed by atoms with Gasteiger partial charge in [-0.2, -0.15) is 0 Å². The van der Waals surface area contributed by atoms with Crippen LogP contribution in [0.25, 0.3) is 11.2 Å². The highest BCUT2D eigenvalue weighted by atomic mass is 31.1. The molecule has 0 saturated carbocycles. The zero-order chi connectivity index (χ0) is 18.8. The van der Waals surface area contributed by atoms with Crippen molar-refractivity contribution in [3.05, 3.63) is 58.9 Å². The maximum Gasteiger partial charge on any atom is 0.276 e. The minimum atomic E-state index is -2.86. The van der Waals surface area contributed by atoms with Gasteiger partial charge in [-0.25, -0.2) is 9.97 Å². The van der Waals surface area contributed by atoms with Gasteiger partial charge in [0, 0.05) is 0 Å². The number of aromatic nitrogens is 4. The van der Waals surface area contributed by atoms with Crippen LogP contribution < -0.4 is 17.0 Å². The van der Waals surface area contributed by atoms with Crippen molar-refractivity contribution in [2.75, 3.05) is 0 Å². The second kappa shape index (κ2) is 9.98. The third kappa shape index (κ3) is 6.96. The first kappa shape index (κ1) is 20.0. The third-order valence-electron chi connectivity index (χ3n) is 2.58. The number of benzene rings is 1.